The van der Waals surface area contributed by atoms with Gasteiger partial charge in [-0.15, -0.1) is 0 Å². The molecule has 1 aromatic rings. The highest BCUT2D eigenvalue weighted by Crippen LogP contribution is 2.04. The summed E-state index contributed by atoms with van der Waals surface area (Å²) in [5.41, 5.74) is 6.24. The highest BCUT2D eigenvalue weighted by atomic mass is 16.5. The van der Waals surface area contributed by atoms with Gasteiger partial charge in [0.05, 0.1) is 12.1 Å². The van der Waals surface area contributed by atoms with Crippen molar-refractivity contribution in [1.29, 1.82) is 0 Å². The standard InChI is InChI=1S/C14H19N3O2/c1-11(7-10-19-2)17-14(18)13-12(5-3-8-15)6-4-9-16-13/h4,6,9,11H,7-8,10,15H2,1-2H3,(H,17,18). The van der Waals surface area contributed by atoms with E-state index in [2.05, 4.69) is 22.1 Å². The maximum Gasteiger partial charge on any atom is 0.271 e. The summed E-state index contributed by atoms with van der Waals surface area (Å²) < 4.78 is 4.97. The highest BCUT2D eigenvalue weighted by molar-refractivity contribution is 5.94. The smallest absolute Gasteiger partial charge is 0.271 e. The Kier molecular flexibility index (Phi) is 6.58. The second-order valence-electron chi connectivity index (χ2n) is 4.06. The molecule has 0 bridgehead atoms. The second kappa shape index (κ2) is 8.25. The number of hydrogen-bond donors (Lipinski definition) is 2. The lowest BCUT2D eigenvalue weighted by molar-refractivity contribution is 0.0924. The van der Waals surface area contributed by atoms with Crippen molar-refractivity contribution < 1.29 is 9.53 Å². The molecule has 3 N–H and O–H groups in total. The molecule has 0 aliphatic carbocycles. The normalized spacial score (nSPS) is 11.3. The summed E-state index contributed by atoms with van der Waals surface area (Å²) in [4.78, 5) is 16.2. The minimum atomic E-state index is -0.231. The van der Waals surface area contributed by atoms with E-state index < -0.39 is 0 Å². The summed E-state index contributed by atoms with van der Waals surface area (Å²) in [6.07, 6.45) is 2.32. The Bertz CT molecular complexity index is 477. The molecule has 0 aromatic carbocycles. The van der Waals surface area contributed by atoms with Gasteiger partial charge < -0.3 is 15.8 Å². The molecule has 0 aliphatic rings. The Morgan fingerprint density at radius 1 is 1.63 bits per heavy atom. The molecular formula is C14H19N3O2. The summed E-state index contributed by atoms with van der Waals surface area (Å²) >= 11 is 0. The van der Waals surface area contributed by atoms with Gasteiger partial charge in [0, 0.05) is 26.0 Å². The summed E-state index contributed by atoms with van der Waals surface area (Å²) in [5, 5.41) is 2.87. The van der Waals surface area contributed by atoms with Crippen molar-refractivity contribution >= 4 is 5.91 Å². The fourth-order valence-corrected chi connectivity index (χ4v) is 1.49. The monoisotopic (exact) mass is 261 g/mol. The maximum atomic E-state index is 12.1. The molecule has 1 atom stereocenters. The molecule has 19 heavy (non-hydrogen) atoms. The third-order valence-electron chi connectivity index (χ3n) is 2.48. The van der Waals surface area contributed by atoms with E-state index in [1.54, 1.807) is 25.4 Å². The molecule has 0 aliphatic heterocycles. The second-order valence-corrected chi connectivity index (χ2v) is 4.06. The largest absolute Gasteiger partial charge is 0.385 e. The third-order valence-corrected chi connectivity index (χ3v) is 2.48. The van der Waals surface area contributed by atoms with Gasteiger partial charge in [0.2, 0.25) is 0 Å². The van der Waals surface area contributed by atoms with Crippen LogP contribution in [0.3, 0.4) is 0 Å². The summed E-state index contributed by atoms with van der Waals surface area (Å²) in [6.45, 7) is 2.77. The number of nitrogens with zero attached hydrogens (tertiary/aromatic N) is 1. The number of amides is 1. The lowest BCUT2D eigenvalue weighted by Crippen LogP contribution is -2.34. The van der Waals surface area contributed by atoms with Crippen molar-refractivity contribution in [3.8, 4) is 11.8 Å². The maximum absolute atomic E-state index is 12.1. The van der Waals surface area contributed by atoms with Crippen LogP contribution < -0.4 is 11.1 Å². The van der Waals surface area contributed by atoms with Crippen molar-refractivity contribution in [2.45, 2.75) is 19.4 Å². The van der Waals surface area contributed by atoms with Gasteiger partial charge >= 0.3 is 0 Å². The van der Waals surface area contributed by atoms with Crippen LogP contribution >= 0.6 is 0 Å². The number of pyridine rings is 1. The molecule has 1 aromatic heterocycles. The predicted molar refractivity (Wildman–Crippen MR) is 73.6 cm³/mol. The topological polar surface area (TPSA) is 77.2 Å². The molecule has 102 valence electrons. The SMILES string of the molecule is COCCC(C)NC(=O)c1ncccc1C#CCN. The molecule has 1 rings (SSSR count). The number of methoxy groups -OCH3 is 1. The van der Waals surface area contributed by atoms with Crippen molar-refractivity contribution in [1.82, 2.24) is 10.3 Å². The molecule has 5 nitrogen and oxygen atoms in total. The highest BCUT2D eigenvalue weighted by Gasteiger charge is 2.13. The number of carbonyl (C=O) groups is 1. The van der Waals surface area contributed by atoms with E-state index in [-0.39, 0.29) is 18.5 Å². The first-order valence-corrected chi connectivity index (χ1v) is 6.12. The lowest BCUT2D eigenvalue weighted by Gasteiger charge is -2.13. The van der Waals surface area contributed by atoms with Gasteiger partial charge in [-0.25, -0.2) is 4.98 Å². The molecule has 1 amide bonds. The first kappa shape index (κ1) is 15.2. The number of hydrogen-bond acceptors (Lipinski definition) is 4. The first-order valence-electron chi connectivity index (χ1n) is 6.12. The van der Waals surface area contributed by atoms with Gasteiger partial charge in [-0.2, -0.15) is 0 Å². The average Bonchev–Trinajstić information content (AvgIpc) is 2.43. The fourth-order valence-electron chi connectivity index (χ4n) is 1.49. The number of aromatic nitrogens is 1. The zero-order valence-electron chi connectivity index (χ0n) is 11.3. The predicted octanol–water partition coefficient (Wildman–Crippen LogP) is 0.547. The minimum Gasteiger partial charge on any atom is -0.385 e. The fraction of sp³-hybridized carbons (Fsp3) is 0.429. The number of nitrogens with one attached hydrogen (secondary N) is 1. The summed E-state index contributed by atoms with van der Waals surface area (Å²) in [6, 6.07) is 3.51. The van der Waals surface area contributed by atoms with E-state index in [9.17, 15) is 4.79 Å². The molecule has 0 saturated carbocycles. The van der Waals surface area contributed by atoms with Gasteiger partial charge in [0.1, 0.15) is 5.69 Å². The van der Waals surface area contributed by atoms with Crippen LogP contribution in [0.1, 0.15) is 29.4 Å². The van der Waals surface area contributed by atoms with Crippen molar-refractivity contribution in [2.24, 2.45) is 5.73 Å². The molecule has 0 fully saturated rings. The van der Waals surface area contributed by atoms with Crippen LogP contribution in [0.25, 0.3) is 0 Å². The van der Waals surface area contributed by atoms with E-state index in [4.69, 9.17) is 10.5 Å². The Morgan fingerprint density at radius 2 is 2.42 bits per heavy atom. The van der Waals surface area contributed by atoms with Crippen LogP contribution in [0.5, 0.6) is 0 Å². The summed E-state index contributed by atoms with van der Waals surface area (Å²) in [7, 11) is 1.63. The quantitative estimate of drug-likeness (QED) is 0.759. The van der Waals surface area contributed by atoms with Crippen LogP contribution in [0.2, 0.25) is 0 Å². The van der Waals surface area contributed by atoms with Gasteiger partial charge in [0.25, 0.3) is 5.91 Å². The van der Waals surface area contributed by atoms with E-state index in [1.807, 2.05) is 6.92 Å². The minimum absolute atomic E-state index is 0.0183. The lowest BCUT2D eigenvalue weighted by atomic mass is 10.1. The van der Waals surface area contributed by atoms with E-state index in [0.29, 0.717) is 17.9 Å². The van der Waals surface area contributed by atoms with E-state index >= 15 is 0 Å². The Morgan fingerprint density at radius 3 is 3.11 bits per heavy atom. The third kappa shape index (κ3) is 5.08. The van der Waals surface area contributed by atoms with Crippen molar-refractivity contribution in [3.05, 3.63) is 29.6 Å². The van der Waals surface area contributed by atoms with E-state index in [0.717, 1.165) is 6.42 Å². The number of nitrogens with two attached hydrogens (primary N) is 1. The molecule has 0 saturated heterocycles. The van der Waals surface area contributed by atoms with Crippen LogP contribution in [0.4, 0.5) is 0 Å². The van der Waals surface area contributed by atoms with Crippen LogP contribution in [0.15, 0.2) is 18.3 Å². The van der Waals surface area contributed by atoms with Gasteiger partial charge in [-0.1, -0.05) is 11.8 Å². The Hall–Kier alpha value is -1.90. The number of ether oxygens (including phenoxy) is 1. The van der Waals surface area contributed by atoms with Crippen LogP contribution in [-0.2, 0) is 4.74 Å². The zero-order valence-corrected chi connectivity index (χ0v) is 11.3. The molecule has 0 radical (unpaired) electrons. The van der Waals surface area contributed by atoms with Crippen molar-refractivity contribution in [2.75, 3.05) is 20.3 Å². The van der Waals surface area contributed by atoms with Gasteiger partial charge in [-0.3, -0.25) is 4.79 Å². The molecular weight excluding hydrogens is 242 g/mol. The van der Waals surface area contributed by atoms with Crippen molar-refractivity contribution in [3.63, 3.8) is 0 Å². The Balaban J connectivity index is 2.76. The summed E-state index contributed by atoms with van der Waals surface area (Å²) in [5.74, 6) is 5.34. The van der Waals surface area contributed by atoms with E-state index in [1.165, 1.54) is 0 Å². The number of rotatable bonds is 5. The average molecular weight is 261 g/mol. The molecule has 5 heteroatoms. The Labute approximate surface area is 113 Å². The zero-order chi connectivity index (χ0) is 14.1. The number of carbonyl (C=O) groups excluding carboxylic acids is 1. The van der Waals surface area contributed by atoms with Crippen LogP contribution in [0, 0.1) is 11.8 Å². The van der Waals surface area contributed by atoms with Gasteiger partial charge in [0.15, 0.2) is 0 Å². The molecule has 0 spiro atoms. The molecule has 1 heterocycles. The first-order chi connectivity index (χ1) is 9.19. The van der Waals surface area contributed by atoms with Crippen LogP contribution in [-0.4, -0.2) is 37.2 Å². The molecule has 1 unspecified atom stereocenters. The van der Waals surface area contributed by atoms with Gasteiger partial charge in [-0.05, 0) is 25.5 Å².